The summed E-state index contributed by atoms with van der Waals surface area (Å²) < 4.78 is 0. The van der Waals surface area contributed by atoms with E-state index in [9.17, 15) is 9.59 Å². The second-order valence-electron chi connectivity index (χ2n) is 9.88. The number of hydrogen-bond acceptors (Lipinski definition) is 4. The molecule has 1 saturated heterocycles. The summed E-state index contributed by atoms with van der Waals surface area (Å²) in [4.78, 5) is 35.9. The Labute approximate surface area is 214 Å². The van der Waals surface area contributed by atoms with Crippen LogP contribution in [-0.4, -0.2) is 39.8 Å². The number of rotatable bonds is 5. The average Bonchev–Trinajstić information content (AvgIpc) is 3.57. The van der Waals surface area contributed by atoms with Crippen LogP contribution in [0.25, 0.3) is 10.9 Å². The molecule has 0 bridgehead atoms. The van der Waals surface area contributed by atoms with Crippen molar-refractivity contribution in [3.05, 3.63) is 87.5 Å². The van der Waals surface area contributed by atoms with Crippen molar-refractivity contribution in [3.63, 3.8) is 0 Å². The van der Waals surface area contributed by atoms with Gasteiger partial charge in [0, 0.05) is 41.5 Å². The van der Waals surface area contributed by atoms with Crippen molar-refractivity contribution >= 4 is 34.1 Å². The highest BCUT2D eigenvalue weighted by Gasteiger charge is 2.28. The fourth-order valence-electron chi connectivity index (χ4n) is 5.64. The number of aromatic amines is 1. The lowest BCUT2D eigenvalue weighted by Crippen LogP contribution is -2.38. The van der Waals surface area contributed by atoms with Crippen molar-refractivity contribution in [2.75, 3.05) is 13.1 Å². The summed E-state index contributed by atoms with van der Waals surface area (Å²) in [5.41, 5.74) is 5.19. The number of likely N-dealkylation sites (tertiary alicyclic amines) is 1. The Morgan fingerprint density at radius 2 is 1.86 bits per heavy atom. The first-order chi connectivity index (χ1) is 17.7. The lowest BCUT2D eigenvalue weighted by atomic mass is 9.88. The third-order valence-corrected chi connectivity index (χ3v) is 8.65. The number of aryl methyl sites for hydroxylation is 1. The van der Waals surface area contributed by atoms with Crippen molar-refractivity contribution in [1.82, 2.24) is 20.2 Å². The Morgan fingerprint density at radius 3 is 2.75 bits per heavy atom. The zero-order valence-corrected chi connectivity index (χ0v) is 21.0. The Bertz CT molecular complexity index is 1400. The van der Waals surface area contributed by atoms with Gasteiger partial charge in [-0.3, -0.25) is 9.59 Å². The number of nitrogens with one attached hydrogen (secondary N) is 2. The summed E-state index contributed by atoms with van der Waals surface area (Å²) >= 11 is 1.57. The largest absolute Gasteiger partial charge is 0.361 e. The number of benzene rings is 2. The summed E-state index contributed by atoms with van der Waals surface area (Å²) in [7, 11) is 0. The third-order valence-electron chi connectivity index (χ3n) is 7.64. The summed E-state index contributed by atoms with van der Waals surface area (Å²) in [6.07, 6.45) is 7.25. The van der Waals surface area contributed by atoms with E-state index in [-0.39, 0.29) is 17.9 Å². The number of thiazole rings is 1. The van der Waals surface area contributed by atoms with E-state index in [0.717, 1.165) is 66.7 Å². The first-order valence-corrected chi connectivity index (χ1v) is 13.7. The van der Waals surface area contributed by atoms with Crippen LogP contribution in [0.4, 0.5) is 0 Å². The van der Waals surface area contributed by atoms with Gasteiger partial charge < -0.3 is 15.2 Å². The van der Waals surface area contributed by atoms with Gasteiger partial charge in [0.1, 0.15) is 5.69 Å². The number of aromatic nitrogens is 2. The van der Waals surface area contributed by atoms with Gasteiger partial charge in [-0.25, -0.2) is 4.98 Å². The lowest BCUT2D eigenvalue weighted by molar-refractivity contribution is -0.131. The van der Waals surface area contributed by atoms with Crippen LogP contribution in [-0.2, 0) is 17.6 Å². The Kier molecular flexibility index (Phi) is 6.32. The van der Waals surface area contributed by atoms with Gasteiger partial charge in [-0.05, 0) is 54.9 Å². The van der Waals surface area contributed by atoms with E-state index in [1.165, 1.54) is 11.1 Å². The fraction of sp³-hybridized carbons (Fsp3) is 0.345. The minimum Gasteiger partial charge on any atom is -0.361 e. The first kappa shape index (κ1) is 23.0. The van der Waals surface area contributed by atoms with Crippen LogP contribution in [0, 0.1) is 0 Å². The lowest BCUT2D eigenvalue weighted by Gasteiger charge is -2.31. The summed E-state index contributed by atoms with van der Waals surface area (Å²) in [6.45, 7) is 1.46. The van der Waals surface area contributed by atoms with Crippen LogP contribution in [0.2, 0.25) is 0 Å². The van der Waals surface area contributed by atoms with Gasteiger partial charge in [-0.1, -0.05) is 42.5 Å². The molecule has 0 radical (unpaired) electrons. The molecule has 2 amide bonds. The molecule has 184 valence electrons. The van der Waals surface area contributed by atoms with Gasteiger partial charge in [0.15, 0.2) is 0 Å². The predicted molar refractivity (Wildman–Crippen MR) is 142 cm³/mol. The molecule has 2 N–H and O–H groups in total. The molecule has 3 heterocycles. The van der Waals surface area contributed by atoms with Gasteiger partial charge >= 0.3 is 0 Å². The first-order valence-electron chi connectivity index (χ1n) is 12.8. The van der Waals surface area contributed by atoms with E-state index in [1.54, 1.807) is 11.3 Å². The Hall–Kier alpha value is -3.45. The molecule has 1 aliphatic heterocycles. The molecule has 4 aromatic rings. The van der Waals surface area contributed by atoms with Crippen molar-refractivity contribution in [2.45, 2.75) is 50.5 Å². The molecule has 1 fully saturated rings. The molecular weight excluding hydrogens is 468 g/mol. The van der Waals surface area contributed by atoms with E-state index in [4.69, 9.17) is 4.98 Å². The standard InChI is InChI=1S/C29H30N4O2S/c34-27(16-21-17-30-24-10-4-3-9-23(21)24)33-14-12-20(13-15-33)29-32-26(18-36-29)28(35)31-25-11-5-7-19-6-1-2-8-22(19)25/h1-4,6,8-10,17-18,20,25,30H,5,7,11-16H2,(H,31,35). The fourth-order valence-corrected chi connectivity index (χ4v) is 6.62. The van der Waals surface area contributed by atoms with Crippen LogP contribution in [0.5, 0.6) is 0 Å². The number of nitrogens with zero attached hydrogens (tertiary/aromatic N) is 2. The maximum absolute atomic E-state index is 13.0. The monoisotopic (exact) mass is 498 g/mol. The third kappa shape index (κ3) is 4.55. The van der Waals surface area contributed by atoms with Crippen LogP contribution >= 0.6 is 11.3 Å². The quantitative estimate of drug-likeness (QED) is 0.388. The van der Waals surface area contributed by atoms with E-state index in [1.807, 2.05) is 40.7 Å². The molecule has 1 unspecified atom stereocenters. The number of hydrogen-bond donors (Lipinski definition) is 2. The van der Waals surface area contributed by atoms with E-state index in [2.05, 4.69) is 34.6 Å². The van der Waals surface area contributed by atoms with Crippen molar-refractivity contribution < 1.29 is 9.59 Å². The number of H-pyrrole nitrogens is 1. The normalized spacial score (nSPS) is 18.2. The van der Waals surface area contributed by atoms with E-state index >= 15 is 0 Å². The van der Waals surface area contributed by atoms with Crippen molar-refractivity contribution in [1.29, 1.82) is 0 Å². The topological polar surface area (TPSA) is 78.1 Å². The second kappa shape index (κ2) is 9.90. The molecule has 1 aliphatic carbocycles. The molecule has 1 atom stereocenters. The maximum Gasteiger partial charge on any atom is 0.271 e. The van der Waals surface area contributed by atoms with Gasteiger partial charge in [0.2, 0.25) is 5.91 Å². The molecule has 2 aromatic carbocycles. The van der Waals surface area contributed by atoms with Crippen LogP contribution in [0.15, 0.2) is 60.1 Å². The molecule has 6 rings (SSSR count). The van der Waals surface area contributed by atoms with E-state index in [0.29, 0.717) is 18.0 Å². The minimum absolute atomic E-state index is 0.0546. The van der Waals surface area contributed by atoms with Crippen LogP contribution < -0.4 is 5.32 Å². The van der Waals surface area contributed by atoms with Gasteiger partial charge in [-0.15, -0.1) is 11.3 Å². The number of carbonyl (C=O) groups is 2. The molecule has 36 heavy (non-hydrogen) atoms. The van der Waals surface area contributed by atoms with Crippen molar-refractivity contribution in [3.8, 4) is 0 Å². The minimum atomic E-state index is -0.0921. The zero-order valence-electron chi connectivity index (χ0n) is 20.2. The number of amides is 2. The highest BCUT2D eigenvalue weighted by atomic mass is 32.1. The number of carbonyl (C=O) groups excluding carboxylic acids is 2. The predicted octanol–water partition coefficient (Wildman–Crippen LogP) is 5.38. The number of fused-ring (bicyclic) bond motifs is 2. The zero-order chi connectivity index (χ0) is 24.5. The van der Waals surface area contributed by atoms with E-state index < -0.39 is 0 Å². The smallest absolute Gasteiger partial charge is 0.271 e. The molecule has 2 aliphatic rings. The van der Waals surface area contributed by atoms with Gasteiger partial charge in [0.25, 0.3) is 5.91 Å². The summed E-state index contributed by atoms with van der Waals surface area (Å²) in [5, 5.41) is 7.22. The highest BCUT2D eigenvalue weighted by Crippen LogP contribution is 2.32. The molecule has 0 spiro atoms. The molecule has 6 nitrogen and oxygen atoms in total. The SMILES string of the molecule is O=C(NC1CCCc2ccccc21)c1csc(C2CCN(C(=O)Cc3c[nH]c4ccccc34)CC2)n1. The molecule has 2 aromatic heterocycles. The van der Waals surface area contributed by atoms with Gasteiger partial charge in [0.05, 0.1) is 17.5 Å². The highest BCUT2D eigenvalue weighted by molar-refractivity contribution is 7.09. The molecule has 0 saturated carbocycles. The number of para-hydroxylation sites is 1. The average molecular weight is 499 g/mol. The summed E-state index contributed by atoms with van der Waals surface area (Å²) in [6, 6.07) is 16.5. The molecular formula is C29H30N4O2S. The Balaban J connectivity index is 1.05. The maximum atomic E-state index is 13.0. The second-order valence-corrected chi connectivity index (χ2v) is 10.8. The summed E-state index contributed by atoms with van der Waals surface area (Å²) in [5.74, 6) is 0.375. The van der Waals surface area contributed by atoms with Crippen LogP contribution in [0.1, 0.15) is 69.8 Å². The van der Waals surface area contributed by atoms with Gasteiger partial charge in [-0.2, -0.15) is 0 Å². The number of piperidine rings is 1. The van der Waals surface area contributed by atoms with Crippen LogP contribution in [0.3, 0.4) is 0 Å². The molecule has 7 heteroatoms. The Morgan fingerprint density at radius 1 is 1.06 bits per heavy atom. The van der Waals surface area contributed by atoms with Crippen molar-refractivity contribution in [2.24, 2.45) is 0 Å².